The summed E-state index contributed by atoms with van der Waals surface area (Å²) >= 11 is 0. The molecule has 120 valence electrons. The number of likely N-dealkylation sites (tertiary alicyclic amines) is 1. The van der Waals surface area contributed by atoms with Crippen LogP contribution in [0.1, 0.15) is 58.3 Å². The minimum Gasteiger partial charge on any atom is -0.353 e. The van der Waals surface area contributed by atoms with E-state index < -0.39 is 0 Å². The summed E-state index contributed by atoms with van der Waals surface area (Å²) in [7, 11) is 0. The Balaban J connectivity index is 1.41. The smallest absolute Gasteiger partial charge is 0.223 e. The Labute approximate surface area is 129 Å². The van der Waals surface area contributed by atoms with Gasteiger partial charge in [-0.25, -0.2) is 0 Å². The first-order valence-electron chi connectivity index (χ1n) is 9.00. The molecule has 0 unspecified atom stereocenters. The molecule has 0 spiro atoms. The van der Waals surface area contributed by atoms with E-state index in [4.69, 9.17) is 0 Å². The molecule has 2 aliphatic heterocycles. The lowest BCUT2D eigenvalue weighted by atomic mass is 9.91. The summed E-state index contributed by atoms with van der Waals surface area (Å²) in [5, 5.41) is 6.75. The molecule has 0 aromatic heterocycles. The monoisotopic (exact) mass is 293 g/mol. The Morgan fingerprint density at radius 2 is 1.81 bits per heavy atom. The van der Waals surface area contributed by atoms with Gasteiger partial charge >= 0.3 is 0 Å². The van der Waals surface area contributed by atoms with E-state index in [-0.39, 0.29) is 5.92 Å². The summed E-state index contributed by atoms with van der Waals surface area (Å²) in [4.78, 5) is 15.1. The Morgan fingerprint density at radius 1 is 1.10 bits per heavy atom. The Kier molecular flexibility index (Phi) is 5.17. The van der Waals surface area contributed by atoms with Crippen molar-refractivity contribution in [2.24, 2.45) is 5.92 Å². The van der Waals surface area contributed by atoms with Crippen LogP contribution in [-0.4, -0.2) is 48.6 Å². The molecule has 4 heteroatoms. The van der Waals surface area contributed by atoms with E-state index in [1.54, 1.807) is 0 Å². The minimum absolute atomic E-state index is 0.231. The van der Waals surface area contributed by atoms with Crippen LogP contribution in [0.15, 0.2) is 0 Å². The van der Waals surface area contributed by atoms with Gasteiger partial charge in [-0.3, -0.25) is 4.79 Å². The number of rotatable bonds is 3. The predicted molar refractivity (Wildman–Crippen MR) is 85.2 cm³/mol. The zero-order valence-electron chi connectivity index (χ0n) is 13.4. The molecule has 2 heterocycles. The normalized spacial score (nSPS) is 33.2. The predicted octanol–water partition coefficient (Wildman–Crippen LogP) is 1.90. The zero-order valence-corrected chi connectivity index (χ0v) is 13.4. The van der Waals surface area contributed by atoms with Crippen LogP contribution >= 0.6 is 0 Å². The molecule has 4 nitrogen and oxygen atoms in total. The number of hydrogen-bond donors (Lipinski definition) is 2. The van der Waals surface area contributed by atoms with Crippen molar-refractivity contribution in [1.29, 1.82) is 0 Å². The summed E-state index contributed by atoms with van der Waals surface area (Å²) in [6, 6.07) is 1.74. The van der Waals surface area contributed by atoms with Crippen LogP contribution in [0.2, 0.25) is 0 Å². The van der Waals surface area contributed by atoms with E-state index >= 15 is 0 Å². The number of nitrogens with one attached hydrogen (secondary N) is 2. The second-order valence-corrected chi connectivity index (χ2v) is 7.33. The molecule has 3 fully saturated rings. The van der Waals surface area contributed by atoms with E-state index in [0.29, 0.717) is 18.0 Å². The van der Waals surface area contributed by atoms with E-state index in [1.165, 1.54) is 38.8 Å². The fourth-order valence-corrected chi connectivity index (χ4v) is 4.37. The van der Waals surface area contributed by atoms with E-state index in [2.05, 4.69) is 22.5 Å². The fraction of sp³-hybridized carbons (Fsp3) is 0.941. The van der Waals surface area contributed by atoms with Crippen molar-refractivity contribution in [2.45, 2.75) is 76.4 Å². The third kappa shape index (κ3) is 3.98. The third-order valence-corrected chi connectivity index (χ3v) is 5.71. The topological polar surface area (TPSA) is 44.4 Å². The van der Waals surface area contributed by atoms with Gasteiger partial charge in [-0.05, 0) is 52.0 Å². The minimum atomic E-state index is 0.231. The molecule has 2 atom stereocenters. The fourth-order valence-electron chi connectivity index (χ4n) is 4.37. The second kappa shape index (κ2) is 7.10. The largest absolute Gasteiger partial charge is 0.353 e. The van der Waals surface area contributed by atoms with Crippen LogP contribution in [-0.2, 0) is 4.79 Å². The highest BCUT2D eigenvalue weighted by Crippen LogP contribution is 2.26. The first-order valence-corrected chi connectivity index (χ1v) is 9.00. The molecule has 2 saturated heterocycles. The Morgan fingerprint density at radius 3 is 2.48 bits per heavy atom. The second-order valence-electron chi connectivity index (χ2n) is 7.33. The summed E-state index contributed by atoms with van der Waals surface area (Å²) < 4.78 is 0. The van der Waals surface area contributed by atoms with Crippen LogP contribution in [0.3, 0.4) is 0 Å². The highest BCUT2D eigenvalue weighted by Gasteiger charge is 2.30. The number of piperidine rings is 2. The van der Waals surface area contributed by atoms with Crippen molar-refractivity contribution in [2.75, 3.05) is 19.6 Å². The number of carbonyl (C=O) groups excluding carboxylic acids is 1. The van der Waals surface area contributed by atoms with Crippen LogP contribution in [0.25, 0.3) is 0 Å². The highest BCUT2D eigenvalue weighted by atomic mass is 16.1. The van der Waals surface area contributed by atoms with Gasteiger partial charge in [-0.2, -0.15) is 0 Å². The first kappa shape index (κ1) is 15.3. The Bertz CT molecular complexity index is 346. The van der Waals surface area contributed by atoms with Crippen molar-refractivity contribution < 1.29 is 4.79 Å². The maximum Gasteiger partial charge on any atom is 0.223 e. The van der Waals surface area contributed by atoms with Crippen LogP contribution in [0, 0.1) is 5.92 Å². The zero-order chi connectivity index (χ0) is 14.7. The quantitative estimate of drug-likeness (QED) is 0.835. The molecule has 3 aliphatic rings. The maximum absolute atomic E-state index is 12.4. The van der Waals surface area contributed by atoms with Crippen LogP contribution in [0.4, 0.5) is 0 Å². The van der Waals surface area contributed by atoms with Gasteiger partial charge in [0, 0.05) is 37.1 Å². The molecule has 1 amide bonds. The van der Waals surface area contributed by atoms with Gasteiger partial charge in [0.15, 0.2) is 0 Å². The maximum atomic E-state index is 12.4. The highest BCUT2D eigenvalue weighted by molar-refractivity contribution is 5.79. The molecule has 0 radical (unpaired) electrons. The van der Waals surface area contributed by atoms with Gasteiger partial charge < -0.3 is 15.5 Å². The third-order valence-electron chi connectivity index (χ3n) is 5.71. The lowest BCUT2D eigenvalue weighted by Gasteiger charge is -2.37. The molecule has 2 N–H and O–H groups in total. The summed E-state index contributed by atoms with van der Waals surface area (Å²) in [5.41, 5.74) is 0. The standard InChI is InChI=1S/C17H31N3O/c1-13-12-14(6-9-18-13)17(21)19-15-7-10-20(11-8-15)16-4-2-3-5-16/h13-16,18H,2-12H2,1H3,(H,19,21)/t13-,14-/m0/s1. The summed E-state index contributed by atoms with van der Waals surface area (Å²) in [6.45, 7) is 5.52. The van der Waals surface area contributed by atoms with E-state index in [1.807, 2.05) is 0 Å². The van der Waals surface area contributed by atoms with Gasteiger partial charge in [0.1, 0.15) is 0 Å². The van der Waals surface area contributed by atoms with Crippen molar-refractivity contribution >= 4 is 5.91 Å². The van der Waals surface area contributed by atoms with Gasteiger partial charge in [-0.1, -0.05) is 12.8 Å². The van der Waals surface area contributed by atoms with E-state index in [0.717, 1.165) is 38.3 Å². The van der Waals surface area contributed by atoms with Gasteiger partial charge in [0.25, 0.3) is 0 Å². The summed E-state index contributed by atoms with van der Waals surface area (Å²) in [6.07, 6.45) is 9.88. The van der Waals surface area contributed by atoms with Crippen LogP contribution < -0.4 is 10.6 Å². The van der Waals surface area contributed by atoms with Crippen molar-refractivity contribution in [3.05, 3.63) is 0 Å². The van der Waals surface area contributed by atoms with Gasteiger partial charge in [0.05, 0.1) is 0 Å². The number of carbonyl (C=O) groups is 1. The molecular formula is C17H31N3O. The number of hydrogen-bond acceptors (Lipinski definition) is 3. The molecule has 21 heavy (non-hydrogen) atoms. The average Bonchev–Trinajstić information content (AvgIpc) is 3.02. The molecule has 0 aromatic rings. The number of amides is 1. The molecular weight excluding hydrogens is 262 g/mol. The van der Waals surface area contributed by atoms with Gasteiger partial charge in [-0.15, -0.1) is 0 Å². The number of nitrogens with zero attached hydrogens (tertiary/aromatic N) is 1. The van der Waals surface area contributed by atoms with Gasteiger partial charge in [0.2, 0.25) is 5.91 Å². The van der Waals surface area contributed by atoms with Crippen molar-refractivity contribution in [1.82, 2.24) is 15.5 Å². The molecule has 1 saturated carbocycles. The van der Waals surface area contributed by atoms with Crippen LogP contribution in [0.5, 0.6) is 0 Å². The molecule has 1 aliphatic carbocycles. The molecule has 0 bridgehead atoms. The van der Waals surface area contributed by atoms with Crippen molar-refractivity contribution in [3.63, 3.8) is 0 Å². The summed E-state index contributed by atoms with van der Waals surface area (Å²) in [5.74, 6) is 0.539. The first-order chi connectivity index (χ1) is 10.2. The molecule has 3 rings (SSSR count). The lowest BCUT2D eigenvalue weighted by molar-refractivity contribution is -0.127. The Hall–Kier alpha value is -0.610. The van der Waals surface area contributed by atoms with Crippen molar-refractivity contribution in [3.8, 4) is 0 Å². The van der Waals surface area contributed by atoms with E-state index in [9.17, 15) is 4.79 Å². The molecule has 0 aromatic carbocycles. The average molecular weight is 293 g/mol. The lowest BCUT2D eigenvalue weighted by Crippen LogP contribution is -2.50. The SMILES string of the molecule is C[C@H]1C[C@@H](C(=O)NC2CCN(C3CCCC3)CC2)CCN1.